The van der Waals surface area contributed by atoms with Gasteiger partial charge in [0.25, 0.3) is 0 Å². The summed E-state index contributed by atoms with van der Waals surface area (Å²) in [6, 6.07) is 20.2. The van der Waals surface area contributed by atoms with E-state index in [-0.39, 0.29) is 17.1 Å². The number of thioether (sulfide) groups is 1. The average molecular weight is 417 g/mol. The van der Waals surface area contributed by atoms with Gasteiger partial charge >= 0.3 is 0 Å². The Morgan fingerprint density at radius 1 is 1.13 bits per heavy atom. The molecule has 0 saturated heterocycles. The van der Waals surface area contributed by atoms with Gasteiger partial charge in [-0.1, -0.05) is 48.2 Å². The molecular weight excluding hydrogens is 396 g/mol. The Bertz CT molecular complexity index is 1200. The first-order valence-electron chi connectivity index (χ1n) is 9.39. The predicted octanol–water partition coefficient (Wildman–Crippen LogP) is 5.47. The van der Waals surface area contributed by atoms with Gasteiger partial charge in [-0.2, -0.15) is 0 Å². The maximum Gasteiger partial charge on any atom is 0.189 e. The molecule has 4 aromatic rings. The van der Waals surface area contributed by atoms with E-state index in [2.05, 4.69) is 9.97 Å². The van der Waals surface area contributed by atoms with Crippen molar-refractivity contribution >= 4 is 34.7 Å². The molecule has 0 radical (unpaired) electrons. The molecule has 0 amide bonds. The molecule has 0 bridgehead atoms. The third-order valence-electron chi connectivity index (χ3n) is 4.63. The molecule has 0 spiro atoms. The first kappa shape index (κ1) is 19.8. The molecule has 0 aliphatic rings. The number of methoxy groups -OCH3 is 1. The van der Waals surface area contributed by atoms with Gasteiger partial charge in [0.05, 0.1) is 23.7 Å². The lowest BCUT2D eigenvalue weighted by Crippen LogP contribution is -1.95. The Labute approximate surface area is 178 Å². The van der Waals surface area contributed by atoms with Gasteiger partial charge in [0, 0.05) is 11.3 Å². The number of aromatic amines is 1. The quantitative estimate of drug-likeness (QED) is 0.237. The Morgan fingerprint density at radius 2 is 1.93 bits per heavy atom. The van der Waals surface area contributed by atoms with E-state index in [0.717, 1.165) is 33.1 Å². The molecule has 0 saturated carbocycles. The van der Waals surface area contributed by atoms with Crippen molar-refractivity contribution < 1.29 is 14.6 Å². The zero-order valence-electron chi connectivity index (χ0n) is 16.3. The van der Waals surface area contributed by atoms with E-state index in [4.69, 9.17) is 4.74 Å². The van der Waals surface area contributed by atoms with Gasteiger partial charge in [0.2, 0.25) is 0 Å². The number of fused-ring (bicyclic) bond motifs is 1. The molecule has 1 heterocycles. The van der Waals surface area contributed by atoms with Gasteiger partial charge in [-0.25, -0.2) is 4.98 Å². The molecule has 2 N–H and O–H groups in total. The molecular formula is C24H20N2O3S. The fourth-order valence-corrected chi connectivity index (χ4v) is 3.97. The second kappa shape index (κ2) is 8.88. The van der Waals surface area contributed by atoms with E-state index in [9.17, 15) is 9.90 Å². The number of imidazole rings is 1. The van der Waals surface area contributed by atoms with Crippen LogP contribution >= 0.6 is 11.8 Å². The van der Waals surface area contributed by atoms with Crippen molar-refractivity contribution in [2.45, 2.75) is 10.9 Å². The molecule has 0 aliphatic heterocycles. The minimum atomic E-state index is -0.248. The molecule has 4 rings (SSSR count). The Balaban J connectivity index is 1.51. The highest BCUT2D eigenvalue weighted by Crippen LogP contribution is 2.29. The number of nitrogens with one attached hydrogen (secondary N) is 1. The van der Waals surface area contributed by atoms with Crippen LogP contribution in [-0.2, 0) is 5.75 Å². The Morgan fingerprint density at radius 3 is 2.73 bits per heavy atom. The number of rotatable bonds is 7. The van der Waals surface area contributed by atoms with Crippen LogP contribution in [0.1, 0.15) is 21.5 Å². The van der Waals surface area contributed by atoms with Crippen molar-refractivity contribution in [2.24, 2.45) is 0 Å². The monoisotopic (exact) mass is 416 g/mol. The van der Waals surface area contributed by atoms with Crippen LogP contribution in [0.2, 0.25) is 0 Å². The van der Waals surface area contributed by atoms with Crippen LogP contribution in [0.3, 0.4) is 0 Å². The zero-order valence-corrected chi connectivity index (χ0v) is 17.1. The molecule has 0 aliphatic carbocycles. The molecule has 0 atom stereocenters. The summed E-state index contributed by atoms with van der Waals surface area (Å²) in [4.78, 5) is 20.3. The number of carbonyl (C=O) groups is 1. The van der Waals surface area contributed by atoms with E-state index < -0.39 is 0 Å². The van der Waals surface area contributed by atoms with E-state index in [1.54, 1.807) is 43.1 Å². The summed E-state index contributed by atoms with van der Waals surface area (Å²) >= 11 is 1.59. The Kier molecular flexibility index (Phi) is 5.86. The number of carbonyl (C=O) groups excluding carboxylic acids is 1. The smallest absolute Gasteiger partial charge is 0.189 e. The molecule has 0 unspecified atom stereocenters. The van der Waals surface area contributed by atoms with Crippen molar-refractivity contribution in [3.8, 4) is 11.5 Å². The predicted molar refractivity (Wildman–Crippen MR) is 120 cm³/mol. The lowest BCUT2D eigenvalue weighted by atomic mass is 10.1. The van der Waals surface area contributed by atoms with Crippen molar-refractivity contribution in [1.29, 1.82) is 0 Å². The number of benzene rings is 3. The molecule has 3 aromatic carbocycles. The van der Waals surface area contributed by atoms with Gasteiger partial charge in [0.15, 0.2) is 10.9 Å². The number of ether oxygens (including phenoxy) is 1. The molecule has 30 heavy (non-hydrogen) atoms. The zero-order chi connectivity index (χ0) is 20.9. The largest absolute Gasteiger partial charge is 0.507 e. The van der Waals surface area contributed by atoms with E-state index >= 15 is 0 Å². The molecule has 6 heteroatoms. The first-order valence-corrected chi connectivity index (χ1v) is 10.4. The molecule has 1 aromatic heterocycles. The number of ketones is 1. The van der Waals surface area contributed by atoms with Crippen molar-refractivity contribution in [1.82, 2.24) is 9.97 Å². The maximum absolute atomic E-state index is 12.4. The SMILES string of the molecule is COc1ccc(/C=C/C(=O)c2ccccc2O)cc1CSc1nc2ccccc2[nH]1. The van der Waals surface area contributed by atoms with Crippen molar-refractivity contribution in [3.05, 3.63) is 89.5 Å². The number of hydrogen-bond donors (Lipinski definition) is 2. The van der Waals surface area contributed by atoms with Gasteiger partial charge in [0.1, 0.15) is 11.5 Å². The van der Waals surface area contributed by atoms with Gasteiger partial charge in [-0.3, -0.25) is 4.79 Å². The second-order valence-electron chi connectivity index (χ2n) is 6.63. The van der Waals surface area contributed by atoms with Crippen molar-refractivity contribution in [2.75, 3.05) is 7.11 Å². The first-order chi connectivity index (χ1) is 14.6. The highest BCUT2D eigenvalue weighted by molar-refractivity contribution is 7.98. The summed E-state index contributed by atoms with van der Waals surface area (Å²) in [6.07, 6.45) is 3.20. The standard InChI is InChI=1S/C24H20N2O3S/c1-29-23-13-11-16(10-12-22(28)18-6-2-5-9-21(18)27)14-17(23)15-30-24-25-19-7-3-4-8-20(19)26-24/h2-14,27H,15H2,1H3,(H,25,26)/b12-10+. The highest BCUT2D eigenvalue weighted by Gasteiger charge is 2.09. The summed E-state index contributed by atoms with van der Waals surface area (Å²) in [6.45, 7) is 0. The number of allylic oxidation sites excluding steroid dienone is 1. The number of nitrogens with zero attached hydrogens (tertiary/aromatic N) is 1. The number of aromatic nitrogens is 2. The van der Waals surface area contributed by atoms with Crippen LogP contribution in [0.25, 0.3) is 17.1 Å². The van der Waals surface area contributed by atoms with E-state index in [1.807, 2.05) is 42.5 Å². The van der Waals surface area contributed by atoms with E-state index in [1.165, 1.54) is 12.1 Å². The van der Waals surface area contributed by atoms with Crippen LogP contribution in [0.5, 0.6) is 11.5 Å². The van der Waals surface area contributed by atoms with Crippen LogP contribution in [-0.4, -0.2) is 28.0 Å². The van der Waals surface area contributed by atoms with Crippen LogP contribution < -0.4 is 4.74 Å². The molecule has 5 nitrogen and oxygen atoms in total. The molecule has 150 valence electrons. The highest BCUT2D eigenvalue weighted by atomic mass is 32.2. The number of hydrogen-bond acceptors (Lipinski definition) is 5. The third kappa shape index (κ3) is 4.39. The fourth-order valence-electron chi connectivity index (χ4n) is 3.10. The number of para-hydroxylation sites is 3. The lowest BCUT2D eigenvalue weighted by Gasteiger charge is -2.08. The maximum atomic E-state index is 12.4. The number of phenolic OH excluding ortho intramolecular Hbond substituents is 1. The number of phenols is 1. The number of aromatic hydroxyl groups is 1. The third-order valence-corrected chi connectivity index (χ3v) is 5.56. The fraction of sp³-hybridized carbons (Fsp3) is 0.0833. The second-order valence-corrected chi connectivity index (χ2v) is 7.60. The van der Waals surface area contributed by atoms with Crippen LogP contribution in [0, 0.1) is 0 Å². The van der Waals surface area contributed by atoms with Crippen molar-refractivity contribution in [3.63, 3.8) is 0 Å². The molecule has 0 fully saturated rings. The van der Waals surface area contributed by atoms with Crippen LogP contribution in [0.4, 0.5) is 0 Å². The van der Waals surface area contributed by atoms with Gasteiger partial charge in [-0.05, 0) is 48.0 Å². The Hall–Kier alpha value is -3.51. The van der Waals surface area contributed by atoms with Gasteiger partial charge < -0.3 is 14.8 Å². The lowest BCUT2D eigenvalue weighted by molar-refractivity contribution is 0.104. The van der Waals surface area contributed by atoms with E-state index in [0.29, 0.717) is 5.75 Å². The minimum absolute atomic E-state index is 0.0233. The summed E-state index contributed by atoms with van der Waals surface area (Å²) in [5, 5.41) is 10.7. The minimum Gasteiger partial charge on any atom is -0.507 e. The average Bonchev–Trinajstić information content (AvgIpc) is 3.19. The summed E-state index contributed by atoms with van der Waals surface area (Å²) in [5.74, 6) is 1.17. The topological polar surface area (TPSA) is 75.2 Å². The normalized spacial score (nSPS) is 11.2. The number of H-pyrrole nitrogens is 1. The summed E-state index contributed by atoms with van der Waals surface area (Å²) in [7, 11) is 1.64. The summed E-state index contributed by atoms with van der Waals surface area (Å²) in [5.41, 5.74) is 4.10. The van der Waals surface area contributed by atoms with Gasteiger partial charge in [-0.15, -0.1) is 0 Å². The summed E-state index contributed by atoms with van der Waals surface area (Å²) < 4.78 is 5.49. The van der Waals surface area contributed by atoms with Crippen LogP contribution in [0.15, 0.2) is 78.0 Å².